The molecule has 0 aliphatic carbocycles. The largest absolute Gasteiger partial charge is 0.481 e. The number of benzene rings is 1. The zero-order valence-electron chi connectivity index (χ0n) is 36.1. The number of aromatic nitrogens is 2. The first-order valence-electron chi connectivity index (χ1n) is 20.8. The van der Waals surface area contributed by atoms with Gasteiger partial charge < -0.3 is 25.4 Å². The molecule has 0 radical (unpaired) electrons. The van der Waals surface area contributed by atoms with Crippen molar-refractivity contribution < 1.29 is 33.8 Å². The molecule has 3 heterocycles. The molecule has 6 unspecified atom stereocenters. The summed E-state index contributed by atoms with van der Waals surface area (Å²) in [5.41, 5.74) is 2.20. The number of likely N-dealkylation sites (tertiary alicyclic amines) is 1. The number of hydrogen-bond donors (Lipinski definition) is 3. The van der Waals surface area contributed by atoms with E-state index in [0.29, 0.717) is 17.8 Å². The minimum Gasteiger partial charge on any atom is -0.481 e. The summed E-state index contributed by atoms with van der Waals surface area (Å²) in [5, 5.41) is 18.8. The van der Waals surface area contributed by atoms with Gasteiger partial charge in [-0.25, -0.2) is 9.97 Å². The van der Waals surface area contributed by atoms with E-state index in [2.05, 4.69) is 20.6 Å². The number of thiazole rings is 1. The highest BCUT2D eigenvalue weighted by atomic mass is 33.1. The van der Waals surface area contributed by atoms with Gasteiger partial charge in [-0.2, -0.15) is 0 Å². The molecule has 7 atom stereocenters. The molecule has 3 N–H and O–H groups in total. The first-order valence-corrected chi connectivity index (χ1v) is 24.0. The van der Waals surface area contributed by atoms with E-state index in [9.17, 15) is 29.1 Å². The standard InChI is InChI=1S/C44H62N6O7S3/c1-9-28(4)39(48-41(53)35-14-11-13-21-49(35)7)43(54)50(8)36(27(2)3)24-37(57-30(6)51)42-47-34(26-58-42)40(52)46-33(22-29(5)44(55)56)23-31-16-18-32(19-17-31)25-59-60-38-15-10-12-20-45-38/h10,12,15-20,26-29,33,35-37,39H,9,11,13-14,21-25H2,1-8H3,(H,46,52)(H,48,53)(H,55,56)/t28?,29?,33?,35-,36?,37?,39?/m1/s1. The highest BCUT2D eigenvalue weighted by molar-refractivity contribution is 8.76. The van der Waals surface area contributed by atoms with Crippen LogP contribution in [0.25, 0.3) is 0 Å². The number of carbonyl (C=O) groups excluding carboxylic acids is 4. The van der Waals surface area contributed by atoms with Crippen molar-refractivity contribution in [3.63, 3.8) is 0 Å². The van der Waals surface area contributed by atoms with Crippen LogP contribution in [0.5, 0.6) is 0 Å². The van der Waals surface area contributed by atoms with E-state index in [1.807, 2.05) is 82.1 Å². The average Bonchev–Trinajstić information content (AvgIpc) is 3.72. The lowest BCUT2D eigenvalue weighted by Crippen LogP contribution is -2.58. The molecule has 1 fully saturated rings. The van der Waals surface area contributed by atoms with Crippen LogP contribution in [0.15, 0.2) is 59.1 Å². The third kappa shape index (κ3) is 14.6. The number of hydrogen-bond acceptors (Lipinski definition) is 12. The maximum Gasteiger partial charge on any atom is 0.306 e. The predicted octanol–water partition coefficient (Wildman–Crippen LogP) is 7.42. The van der Waals surface area contributed by atoms with Crippen LogP contribution >= 0.6 is 32.9 Å². The minimum absolute atomic E-state index is 0.0622. The summed E-state index contributed by atoms with van der Waals surface area (Å²) < 4.78 is 5.81. The van der Waals surface area contributed by atoms with E-state index in [4.69, 9.17) is 4.74 Å². The Morgan fingerprint density at radius 2 is 1.73 bits per heavy atom. The van der Waals surface area contributed by atoms with Crippen molar-refractivity contribution in [2.45, 2.75) is 128 Å². The van der Waals surface area contributed by atoms with Crippen LogP contribution in [0.3, 0.4) is 0 Å². The highest BCUT2D eigenvalue weighted by Gasteiger charge is 2.37. The number of pyridine rings is 1. The van der Waals surface area contributed by atoms with Crippen molar-refractivity contribution >= 4 is 62.6 Å². The summed E-state index contributed by atoms with van der Waals surface area (Å²) in [6, 6.07) is 12.0. The second-order valence-corrected chi connectivity index (χ2v) is 19.4. The number of ether oxygens (including phenoxy) is 1. The maximum atomic E-state index is 14.3. The van der Waals surface area contributed by atoms with Gasteiger partial charge in [0.1, 0.15) is 21.8 Å². The molecular formula is C44H62N6O7S3. The third-order valence-corrected chi connectivity index (χ3v) is 14.3. The molecule has 1 saturated heterocycles. The number of likely N-dealkylation sites (N-methyl/N-ethyl adjacent to an activating group) is 2. The van der Waals surface area contributed by atoms with E-state index >= 15 is 0 Å². The fourth-order valence-electron chi connectivity index (χ4n) is 7.35. The molecule has 16 heteroatoms. The maximum absolute atomic E-state index is 14.3. The summed E-state index contributed by atoms with van der Waals surface area (Å²) in [4.78, 5) is 78.5. The van der Waals surface area contributed by atoms with Crippen molar-refractivity contribution in [2.24, 2.45) is 17.8 Å². The van der Waals surface area contributed by atoms with Gasteiger partial charge in [0, 0.05) is 49.8 Å². The van der Waals surface area contributed by atoms with Gasteiger partial charge in [-0.15, -0.1) is 11.3 Å². The van der Waals surface area contributed by atoms with E-state index < -0.39 is 48.0 Å². The number of amides is 3. The van der Waals surface area contributed by atoms with Gasteiger partial charge in [0.25, 0.3) is 5.91 Å². The zero-order valence-corrected chi connectivity index (χ0v) is 38.5. The number of piperidine rings is 1. The Labute approximate surface area is 367 Å². The molecule has 3 aromatic rings. The van der Waals surface area contributed by atoms with Gasteiger partial charge in [0.05, 0.1) is 12.0 Å². The Bertz CT molecular complexity index is 1860. The Morgan fingerprint density at radius 3 is 2.35 bits per heavy atom. The number of esters is 1. The van der Waals surface area contributed by atoms with Crippen LogP contribution in [0.4, 0.5) is 0 Å². The molecule has 4 rings (SSSR count). The van der Waals surface area contributed by atoms with Crippen LogP contribution in [-0.4, -0.2) is 99.3 Å². The Balaban J connectivity index is 1.46. The van der Waals surface area contributed by atoms with Crippen LogP contribution in [0.2, 0.25) is 0 Å². The molecule has 1 aliphatic heterocycles. The van der Waals surface area contributed by atoms with E-state index in [0.717, 1.165) is 47.7 Å². The van der Waals surface area contributed by atoms with Crippen molar-refractivity contribution in [3.8, 4) is 0 Å². The molecule has 0 bridgehead atoms. The first-order chi connectivity index (χ1) is 28.6. The number of rotatable bonds is 22. The predicted molar refractivity (Wildman–Crippen MR) is 238 cm³/mol. The van der Waals surface area contributed by atoms with Crippen molar-refractivity contribution in [1.29, 1.82) is 0 Å². The minimum atomic E-state index is -0.954. The molecule has 13 nitrogen and oxygen atoms in total. The van der Waals surface area contributed by atoms with Crippen LogP contribution < -0.4 is 10.6 Å². The Morgan fingerprint density at radius 1 is 1.02 bits per heavy atom. The average molecular weight is 883 g/mol. The zero-order chi connectivity index (χ0) is 43.9. The molecule has 1 aromatic carbocycles. The SMILES string of the molecule is CCC(C)C(NC(=O)[C@H]1CCCCN1C)C(=O)N(C)C(CC(OC(C)=O)c1nc(C(=O)NC(Cc2ccc(CSSc3ccccn3)cc2)CC(C)C(=O)O)cs1)C(C)C. The number of nitrogens with one attached hydrogen (secondary N) is 2. The lowest BCUT2D eigenvalue weighted by Gasteiger charge is -2.38. The fraction of sp³-hybridized carbons (Fsp3) is 0.568. The molecule has 1 aliphatic rings. The molecule has 0 spiro atoms. The summed E-state index contributed by atoms with van der Waals surface area (Å²) in [7, 11) is 6.96. The van der Waals surface area contributed by atoms with Gasteiger partial charge in [-0.1, -0.05) is 88.6 Å². The molecule has 0 saturated carbocycles. The monoisotopic (exact) mass is 882 g/mol. The van der Waals surface area contributed by atoms with Gasteiger partial charge in [0.15, 0.2) is 6.10 Å². The first kappa shape index (κ1) is 48.7. The summed E-state index contributed by atoms with van der Waals surface area (Å²) in [5.74, 6) is -2.42. The van der Waals surface area contributed by atoms with E-state index in [-0.39, 0.29) is 48.2 Å². The van der Waals surface area contributed by atoms with Gasteiger partial charge in [-0.05, 0) is 85.2 Å². The van der Waals surface area contributed by atoms with E-state index in [1.165, 1.54) is 18.3 Å². The van der Waals surface area contributed by atoms with Crippen LogP contribution in [0.1, 0.15) is 113 Å². The Kier molecular flexibility index (Phi) is 19.4. The topological polar surface area (TPSA) is 171 Å². The lowest BCUT2D eigenvalue weighted by molar-refractivity contribution is -0.149. The summed E-state index contributed by atoms with van der Waals surface area (Å²) >= 11 is 1.18. The lowest BCUT2D eigenvalue weighted by atomic mass is 9.92. The van der Waals surface area contributed by atoms with Gasteiger partial charge in [-0.3, -0.25) is 28.9 Å². The number of aliphatic carboxylic acids is 1. The van der Waals surface area contributed by atoms with Gasteiger partial charge in [0.2, 0.25) is 11.8 Å². The molecule has 328 valence electrons. The summed E-state index contributed by atoms with van der Waals surface area (Å²) in [6.07, 6.45) is 5.19. The van der Waals surface area contributed by atoms with Crippen molar-refractivity contribution in [2.75, 3.05) is 20.6 Å². The van der Waals surface area contributed by atoms with Crippen LogP contribution in [-0.2, 0) is 36.1 Å². The molecular weight excluding hydrogens is 821 g/mol. The van der Waals surface area contributed by atoms with Crippen molar-refractivity contribution in [1.82, 2.24) is 30.4 Å². The quantitative estimate of drug-likeness (QED) is 0.0675. The molecule has 2 aromatic heterocycles. The normalized spacial score (nSPS) is 17.4. The highest BCUT2D eigenvalue weighted by Crippen LogP contribution is 2.33. The molecule has 60 heavy (non-hydrogen) atoms. The second kappa shape index (κ2) is 23.9. The Hall–Kier alpha value is -3.99. The van der Waals surface area contributed by atoms with Gasteiger partial charge >= 0.3 is 11.9 Å². The third-order valence-electron chi connectivity index (χ3n) is 11.2. The smallest absolute Gasteiger partial charge is 0.306 e. The summed E-state index contributed by atoms with van der Waals surface area (Å²) in [6.45, 7) is 11.7. The second-order valence-electron chi connectivity index (χ2n) is 16.2. The number of carboxylic acid groups (broad SMARTS) is 1. The number of carboxylic acids is 1. The van der Waals surface area contributed by atoms with Crippen molar-refractivity contribution in [3.05, 3.63) is 75.9 Å². The molecule has 3 amide bonds. The number of carbonyl (C=O) groups is 5. The van der Waals surface area contributed by atoms with Crippen LogP contribution in [0, 0.1) is 17.8 Å². The van der Waals surface area contributed by atoms with E-state index in [1.54, 1.807) is 52.0 Å². The fourth-order valence-corrected chi connectivity index (χ4v) is 10.2. The number of nitrogens with zero attached hydrogens (tertiary/aromatic N) is 4.